The number of carbonyl (C=O) groups excluding carboxylic acids is 1. The van der Waals surface area contributed by atoms with E-state index < -0.39 is 5.97 Å². The van der Waals surface area contributed by atoms with Gasteiger partial charge in [-0.25, -0.2) is 14.5 Å². The first-order chi connectivity index (χ1) is 9.15. The van der Waals surface area contributed by atoms with Gasteiger partial charge in [0.15, 0.2) is 5.82 Å². The number of nitrogens with zero attached hydrogens (tertiary/aromatic N) is 4. The molecule has 0 spiro atoms. The second-order valence-corrected chi connectivity index (χ2v) is 3.83. The number of pyridine rings is 1. The number of rotatable bonds is 3. The van der Waals surface area contributed by atoms with Gasteiger partial charge in [0.2, 0.25) is 0 Å². The number of carbonyl (C=O) groups is 1. The van der Waals surface area contributed by atoms with E-state index in [1.807, 2.05) is 13.0 Å². The number of aromatic nitrogens is 3. The van der Waals surface area contributed by atoms with Gasteiger partial charge in [0.25, 0.3) is 0 Å². The molecule has 0 aliphatic rings. The normalized spacial score (nSPS) is 9.95. The summed E-state index contributed by atoms with van der Waals surface area (Å²) in [5.74, 6) is -0.0436. The van der Waals surface area contributed by atoms with E-state index in [-0.39, 0.29) is 0 Å². The van der Waals surface area contributed by atoms with Gasteiger partial charge in [-0.3, -0.25) is 0 Å². The Labute approximate surface area is 110 Å². The van der Waals surface area contributed by atoms with Crippen LogP contribution in [0.1, 0.15) is 28.5 Å². The number of ether oxygens (including phenoxy) is 1. The molecule has 0 amide bonds. The lowest BCUT2D eigenvalue weighted by molar-refractivity contribution is 0.0526. The fraction of sp³-hybridized carbons (Fsp3) is 0.231. The minimum Gasteiger partial charge on any atom is -0.462 e. The van der Waals surface area contributed by atoms with Crippen molar-refractivity contribution >= 4 is 5.97 Å². The number of aryl methyl sites for hydroxylation is 1. The third kappa shape index (κ3) is 2.60. The van der Waals surface area contributed by atoms with E-state index in [4.69, 9.17) is 10.00 Å². The quantitative estimate of drug-likeness (QED) is 0.779. The molecule has 6 nitrogen and oxygen atoms in total. The zero-order chi connectivity index (χ0) is 13.8. The Morgan fingerprint density at radius 3 is 3.00 bits per heavy atom. The zero-order valence-corrected chi connectivity index (χ0v) is 10.6. The molecule has 2 heterocycles. The van der Waals surface area contributed by atoms with Crippen molar-refractivity contribution in [2.45, 2.75) is 13.8 Å². The highest BCUT2D eigenvalue weighted by Gasteiger charge is 2.13. The molecule has 0 atom stereocenters. The summed E-state index contributed by atoms with van der Waals surface area (Å²) in [5.41, 5.74) is 1.49. The topological polar surface area (TPSA) is 80.8 Å². The Bertz CT molecular complexity index is 655. The Morgan fingerprint density at radius 1 is 1.53 bits per heavy atom. The maximum Gasteiger partial charge on any atom is 0.341 e. The minimum absolute atomic E-state index is 0.302. The molecule has 0 saturated carbocycles. The van der Waals surface area contributed by atoms with Crippen molar-refractivity contribution in [3.63, 3.8) is 0 Å². The molecule has 2 rings (SSSR count). The summed E-state index contributed by atoms with van der Waals surface area (Å²) >= 11 is 0. The third-order valence-electron chi connectivity index (χ3n) is 2.45. The van der Waals surface area contributed by atoms with Crippen molar-refractivity contribution in [1.82, 2.24) is 14.8 Å². The van der Waals surface area contributed by atoms with Crippen LogP contribution in [0.2, 0.25) is 0 Å². The second-order valence-electron chi connectivity index (χ2n) is 3.83. The van der Waals surface area contributed by atoms with Gasteiger partial charge >= 0.3 is 5.97 Å². The highest BCUT2D eigenvalue weighted by atomic mass is 16.5. The molecule has 0 radical (unpaired) electrons. The summed E-state index contributed by atoms with van der Waals surface area (Å²) < 4.78 is 6.28. The first kappa shape index (κ1) is 12.8. The average Bonchev–Trinajstić information content (AvgIpc) is 2.88. The van der Waals surface area contributed by atoms with Crippen LogP contribution in [-0.4, -0.2) is 27.3 Å². The first-order valence-electron chi connectivity index (χ1n) is 5.75. The summed E-state index contributed by atoms with van der Waals surface area (Å²) in [5, 5.41) is 13.1. The van der Waals surface area contributed by atoms with Gasteiger partial charge in [-0.2, -0.15) is 10.4 Å². The van der Waals surface area contributed by atoms with Crippen LogP contribution in [-0.2, 0) is 4.74 Å². The smallest absolute Gasteiger partial charge is 0.341 e. The molecular weight excluding hydrogens is 244 g/mol. The second kappa shape index (κ2) is 5.31. The molecule has 2 aromatic heterocycles. The number of hydrogen-bond donors (Lipinski definition) is 0. The fourth-order valence-corrected chi connectivity index (χ4v) is 1.56. The third-order valence-corrected chi connectivity index (χ3v) is 2.45. The van der Waals surface area contributed by atoms with Gasteiger partial charge < -0.3 is 4.74 Å². The summed E-state index contributed by atoms with van der Waals surface area (Å²) in [6.07, 6.45) is 2.89. The number of hydrogen-bond acceptors (Lipinski definition) is 5. The van der Waals surface area contributed by atoms with Crippen LogP contribution in [0.25, 0.3) is 5.82 Å². The summed E-state index contributed by atoms with van der Waals surface area (Å²) in [7, 11) is 0. The van der Waals surface area contributed by atoms with Crippen molar-refractivity contribution in [3.05, 3.63) is 41.3 Å². The fourth-order valence-electron chi connectivity index (χ4n) is 1.56. The first-order valence-corrected chi connectivity index (χ1v) is 5.75. The van der Waals surface area contributed by atoms with Crippen molar-refractivity contribution in [2.24, 2.45) is 0 Å². The summed E-state index contributed by atoms with van der Waals surface area (Å²) in [4.78, 5) is 15.8. The highest BCUT2D eigenvalue weighted by molar-refractivity contribution is 5.88. The Morgan fingerprint density at radius 2 is 2.32 bits per heavy atom. The van der Waals surface area contributed by atoms with Gasteiger partial charge in [0.05, 0.1) is 23.9 Å². The van der Waals surface area contributed by atoms with Crippen LogP contribution < -0.4 is 0 Å². The van der Waals surface area contributed by atoms with E-state index in [1.54, 1.807) is 19.1 Å². The van der Waals surface area contributed by atoms with Crippen LogP contribution in [0.5, 0.6) is 0 Å². The van der Waals surface area contributed by atoms with Gasteiger partial charge in [0, 0.05) is 11.9 Å². The minimum atomic E-state index is -0.445. The lowest BCUT2D eigenvalue weighted by Crippen LogP contribution is -2.04. The van der Waals surface area contributed by atoms with Gasteiger partial charge in [0.1, 0.15) is 6.07 Å². The van der Waals surface area contributed by atoms with Gasteiger partial charge in [-0.05, 0) is 26.0 Å². The van der Waals surface area contributed by atoms with E-state index in [0.29, 0.717) is 23.6 Å². The predicted octanol–water partition coefficient (Wildman–Crippen LogP) is 1.62. The molecule has 6 heteroatoms. The molecule has 0 aromatic carbocycles. The zero-order valence-electron chi connectivity index (χ0n) is 10.6. The van der Waals surface area contributed by atoms with E-state index in [2.05, 4.69) is 10.1 Å². The lowest BCUT2D eigenvalue weighted by Gasteiger charge is -2.03. The molecule has 0 aliphatic heterocycles. The molecule has 0 bridgehead atoms. The summed E-state index contributed by atoms with van der Waals surface area (Å²) in [6.45, 7) is 3.86. The van der Waals surface area contributed by atoms with Crippen molar-refractivity contribution < 1.29 is 9.53 Å². The van der Waals surface area contributed by atoms with Crippen LogP contribution in [0.3, 0.4) is 0 Å². The average molecular weight is 256 g/mol. The van der Waals surface area contributed by atoms with Gasteiger partial charge in [-0.15, -0.1) is 0 Å². The largest absolute Gasteiger partial charge is 0.462 e. The van der Waals surface area contributed by atoms with Crippen molar-refractivity contribution in [2.75, 3.05) is 6.61 Å². The maximum absolute atomic E-state index is 11.5. The van der Waals surface area contributed by atoms with Crippen LogP contribution >= 0.6 is 0 Å². The Hall–Kier alpha value is -2.68. The summed E-state index contributed by atoms with van der Waals surface area (Å²) in [6, 6.07) is 5.46. The van der Waals surface area contributed by atoms with Gasteiger partial charge in [-0.1, -0.05) is 0 Å². The van der Waals surface area contributed by atoms with Crippen LogP contribution in [0.4, 0.5) is 0 Å². The van der Waals surface area contributed by atoms with Crippen LogP contribution in [0, 0.1) is 18.3 Å². The van der Waals surface area contributed by atoms with E-state index in [0.717, 1.165) is 5.69 Å². The van der Waals surface area contributed by atoms with E-state index in [9.17, 15) is 4.79 Å². The molecular formula is C13H12N4O2. The molecule has 0 saturated heterocycles. The van der Waals surface area contributed by atoms with E-state index >= 15 is 0 Å². The van der Waals surface area contributed by atoms with E-state index in [1.165, 1.54) is 17.1 Å². The highest BCUT2D eigenvalue weighted by Crippen LogP contribution is 2.12. The number of nitriles is 1. The molecule has 96 valence electrons. The monoisotopic (exact) mass is 256 g/mol. The maximum atomic E-state index is 11.5. The van der Waals surface area contributed by atoms with Crippen LogP contribution in [0.15, 0.2) is 24.5 Å². The number of esters is 1. The van der Waals surface area contributed by atoms with Crippen molar-refractivity contribution in [3.8, 4) is 11.9 Å². The standard InChI is InChI=1S/C13H12N4O2/c1-3-19-13(18)11-7-15-17(8-11)12-10(6-14)5-4-9(2)16-12/h4-5,7-8H,3H2,1-2H3. The Kier molecular flexibility index (Phi) is 3.57. The van der Waals surface area contributed by atoms with Crippen molar-refractivity contribution in [1.29, 1.82) is 5.26 Å². The Balaban J connectivity index is 2.41. The molecule has 19 heavy (non-hydrogen) atoms. The molecule has 0 N–H and O–H groups in total. The molecule has 0 aliphatic carbocycles. The lowest BCUT2D eigenvalue weighted by atomic mass is 10.2. The SMILES string of the molecule is CCOC(=O)c1cnn(-c2nc(C)ccc2C#N)c1. The molecule has 0 fully saturated rings. The predicted molar refractivity (Wildman–Crippen MR) is 66.8 cm³/mol. The molecule has 2 aromatic rings. The molecule has 0 unspecified atom stereocenters.